The third kappa shape index (κ3) is 3.83. The van der Waals surface area contributed by atoms with E-state index in [1.54, 1.807) is 0 Å². The Labute approximate surface area is 121 Å². The molecule has 3 heteroatoms. The van der Waals surface area contributed by atoms with Crippen molar-refractivity contribution in [3.05, 3.63) is 35.9 Å². The molecule has 0 bridgehead atoms. The number of hydrogen-bond acceptors (Lipinski definition) is 2. The SMILES string of the molecule is N=C(N)C(CN(CC1CC1)CC1CC1)c1ccccc1. The van der Waals surface area contributed by atoms with Crippen LogP contribution in [0.5, 0.6) is 0 Å². The van der Waals surface area contributed by atoms with Gasteiger partial charge in [-0.25, -0.2) is 0 Å². The smallest absolute Gasteiger partial charge is 0.0995 e. The van der Waals surface area contributed by atoms with Crippen LogP contribution < -0.4 is 5.73 Å². The van der Waals surface area contributed by atoms with Crippen molar-refractivity contribution in [1.82, 2.24) is 4.90 Å². The van der Waals surface area contributed by atoms with E-state index in [0.717, 1.165) is 18.4 Å². The van der Waals surface area contributed by atoms with Gasteiger partial charge in [-0.15, -0.1) is 0 Å². The highest BCUT2D eigenvalue weighted by Gasteiger charge is 2.31. The molecule has 0 spiro atoms. The van der Waals surface area contributed by atoms with Gasteiger partial charge in [0.2, 0.25) is 0 Å². The van der Waals surface area contributed by atoms with E-state index in [-0.39, 0.29) is 5.92 Å². The molecule has 0 heterocycles. The molecule has 2 aliphatic rings. The fourth-order valence-electron chi connectivity index (χ4n) is 2.88. The van der Waals surface area contributed by atoms with Gasteiger partial charge >= 0.3 is 0 Å². The van der Waals surface area contributed by atoms with E-state index in [0.29, 0.717) is 5.84 Å². The molecule has 0 aliphatic heterocycles. The van der Waals surface area contributed by atoms with E-state index in [9.17, 15) is 0 Å². The zero-order valence-corrected chi connectivity index (χ0v) is 12.1. The zero-order chi connectivity index (χ0) is 13.9. The minimum Gasteiger partial charge on any atom is -0.387 e. The van der Waals surface area contributed by atoms with E-state index >= 15 is 0 Å². The van der Waals surface area contributed by atoms with Gasteiger partial charge in [0, 0.05) is 19.6 Å². The van der Waals surface area contributed by atoms with Crippen molar-refractivity contribution >= 4 is 5.84 Å². The summed E-state index contributed by atoms with van der Waals surface area (Å²) in [7, 11) is 0. The van der Waals surface area contributed by atoms with Gasteiger partial charge in [-0.2, -0.15) is 0 Å². The van der Waals surface area contributed by atoms with Crippen molar-refractivity contribution < 1.29 is 0 Å². The molecule has 2 fully saturated rings. The summed E-state index contributed by atoms with van der Waals surface area (Å²) >= 11 is 0. The van der Waals surface area contributed by atoms with Crippen LogP contribution in [0.2, 0.25) is 0 Å². The maximum Gasteiger partial charge on any atom is 0.0995 e. The minimum atomic E-state index is 0.0497. The summed E-state index contributed by atoms with van der Waals surface area (Å²) in [6.45, 7) is 3.31. The number of nitrogens with two attached hydrogens (primary N) is 1. The summed E-state index contributed by atoms with van der Waals surface area (Å²) < 4.78 is 0. The number of hydrogen-bond donors (Lipinski definition) is 2. The van der Waals surface area contributed by atoms with Crippen molar-refractivity contribution in [2.24, 2.45) is 17.6 Å². The molecule has 0 saturated heterocycles. The number of rotatable bonds is 8. The predicted octanol–water partition coefficient (Wildman–Crippen LogP) is 2.83. The van der Waals surface area contributed by atoms with Crippen LogP contribution >= 0.6 is 0 Å². The van der Waals surface area contributed by atoms with Crippen LogP contribution in [0.1, 0.15) is 37.2 Å². The van der Waals surface area contributed by atoms with E-state index in [4.69, 9.17) is 11.1 Å². The van der Waals surface area contributed by atoms with Crippen LogP contribution in [0.25, 0.3) is 0 Å². The molecule has 3 rings (SSSR count). The number of nitrogens with one attached hydrogen (secondary N) is 1. The van der Waals surface area contributed by atoms with Gasteiger partial charge in [0.25, 0.3) is 0 Å². The molecule has 1 aromatic carbocycles. The fourth-order valence-corrected chi connectivity index (χ4v) is 2.88. The Balaban J connectivity index is 1.67. The quantitative estimate of drug-likeness (QED) is 0.564. The summed E-state index contributed by atoms with van der Waals surface area (Å²) in [5.41, 5.74) is 7.04. The van der Waals surface area contributed by atoms with E-state index < -0.39 is 0 Å². The Kier molecular flexibility index (Phi) is 4.06. The Morgan fingerprint density at radius 1 is 1.10 bits per heavy atom. The molecule has 1 unspecified atom stereocenters. The lowest BCUT2D eigenvalue weighted by molar-refractivity contribution is 0.249. The molecule has 2 aliphatic carbocycles. The topological polar surface area (TPSA) is 53.1 Å². The van der Waals surface area contributed by atoms with E-state index in [1.165, 1.54) is 44.3 Å². The van der Waals surface area contributed by atoms with Crippen molar-refractivity contribution in [2.75, 3.05) is 19.6 Å². The molecular formula is C17H25N3. The summed E-state index contributed by atoms with van der Waals surface area (Å²) in [4.78, 5) is 2.56. The van der Waals surface area contributed by atoms with Crippen molar-refractivity contribution in [1.29, 1.82) is 5.41 Å². The summed E-state index contributed by atoms with van der Waals surface area (Å²) in [5, 5.41) is 7.93. The van der Waals surface area contributed by atoms with Gasteiger partial charge < -0.3 is 10.6 Å². The number of amidine groups is 1. The zero-order valence-electron chi connectivity index (χ0n) is 12.1. The normalized spacial score (nSPS) is 20.1. The number of nitrogens with zero attached hydrogens (tertiary/aromatic N) is 1. The summed E-state index contributed by atoms with van der Waals surface area (Å²) in [6, 6.07) is 10.3. The van der Waals surface area contributed by atoms with E-state index in [1.807, 2.05) is 18.2 Å². The maximum absolute atomic E-state index is 7.93. The second-order valence-electron chi connectivity index (χ2n) is 6.52. The van der Waals surface area contributed by atoms with Crippen LogP contribution in [0.4, 0.5) is 0 Å². The fraction of sp³-hybridized carbons (Fsp3) is 0.588. The Morgan fingerprint density at radius 3 is 2.10 bits per heavy atom. The molecule has 3 N–H and O–H groups in total. The lowest BCUT2D eigenvalue weighted by Gasteiger charge is -2.27. The first kappa shape index (κ1) is 13.6. The van der Waals surface area contributed by atoms with Gasteiger partial charge in [0.15, 0.2) is 0 Å². The van der Waals surface area contributed by atoms with Crippen molar-refractivity contribution in [2.45, 2.75) is 31.6 Å². The molecular weight excluding hydrogens is 246 g/mol. The molecule has 2 saturated carbocycles. The largest absolute Gasteiger partial charge is 0.387 e. The monoisotopic (exact) mass is 271 g/mol. The van der Waals surface area contributed by atoms with Gasteiger partial charge in [0.05, 0.1) is 11.8 Å². The average molecular weight is 271 g/mol. The second kappa shape index (κ2) is 5.96. The first-order chi connectivity index (χ1) is 9.72. The minimum absolute atomic E-state index is 0.0497. The van der Waals surface area contributed by atoms with Crippen LogP contribution in [-0.2, 0) is 0 Å². The second-order valence-corrected chi connectivity index (χ2v) is 6.52. The molecule has 0 aromatic heterocycles. The average Bonchev–Trinajstić information content (AvgIpc) is 3.32. The third-order valence-electron chi connectivity index (χ3n) is 4.44. The molecule has 108 valence electrons. The first-order valence-corrected chi connectivity index (χ1v) is 7.83. The highest BCUT2D eigenvalue weighted by atomic mass is 15.1. The highest BCUT2D eigenvalue weighted by Crippen LogP contribution is 2.34. The molecule has 0 radical (unpaired) electrons. The standard InChI is InChI=1S/C17H25N3/c18-17(19)16(15-4-2-1-3-5-15)12-20(10-13-6-7-13)11-14-8-9-14/h1-5,13-14,16H,6-12H2,(H3,18,19). The lowest BCUT2D eigenvalue weighted by atomic mass is 9.97. The molecule has 20 heavy (non-hydrogen) atoms. The summed E-state index contributed by atoms with van der Waals surface area (Å²) in [5.74, 6) is 2.15. The van der Waals surface area contributed by atoms with Crippen LogP contribution in [0.15, 0.2) is 30.3 Å². The molecule has 1 atom stereocenters. The molecule has 3 nitrogen and oxygen atoms in total. The molecule has 1 aromatic rings. The van der Waals surface area contributed by atoms with Crippen LogP contribution in [0, 0.1) is 17.2 Å². The van der Waals surface area contributed by atoms with Crippen LogP contribution in [0.3, 0.4) is 0 Å². The molecule has 0 amide bonds. The lowest BCUT2D eigenvalue weighted by Crippen LogP contribution is -2.37. The first-order valence-electron chi connectivity index (χ1n) is 7.83. The maximum atomic E-state index is 7.93. The van der Waals surface area contributed by atoms with Gasteiger partial charge in [-0.3, -0.25) is 5.41 Å². The Morgan fingerprint density at radius 2 is 1.65 bits per heavy atom. The van der Waals surface area contributed by atoms with E-state index in [2.05, 4.69) is 17.0 Å². The summed E-state index contributed by atoms with van der Waals surface area (Å²) in [6.07, 6.45) is 5.54. The Hall–Kier alpha value is -1.35. The Bertz CT molecular complexity index is 435. The highest BCUT2D eigenvalue weighted by molar-refractivity contribution is 5.84. The van der Waals surface area contributed by atoms with Crippen molar-refractivity contribution in [3.63, 3.8) is 0 Å². The van der Waals surface area contributed by atoms with Crippen LogP contribution in [-0.4, -0.2) is 30.4 Å². The number of benzene rings is 1. The predicted molar refractivity (Wildman–Crippen MR) is 83.0 cm³/mol. The van der Waals surface area contributed by atoms with Gasteiger partial charge in [-0.1, -0.05) is 30.3 Å². The third-order valence-corrected chi connectivity index (χ3v) is 4.44. The van der Waals surface area contributed by atoms with Gasteiger partial charge in [0.1, 0.15) is 0 Å². The van der Waals surface area contributed by atoms with Gasteiger partial charge in [-0.05, 0) is 43.1 Å². The van der Waals surface area contributed by atoms with Crippen molar-refractivity contribution in [3.8, 4) is 0 Å².